The van der Waals surface area contributed by atoms with Gasteiger partial charge in [-0.3, -0.25) is 0 Å². The third-order valence-electron chi connectivity index (χ3n) is 3.85. The van der Waals surface area contributed by atoms with Gasteiger partial charge in [-0.15, -0.1) is 0 Å². The fourth-order valence-electron chi connectivity index (χ4n) is 2.71. The summed E-state index contributed by atoms with van der Waals surface area (Å²) in [5, 5.41) is 0. The molecule has 0 bridgehead atoms. The van der Waals surface area contributed by atoms with Crippen molar-refractivity contribution in [1.29, 1.82) is 0 Å². The monoisotopic (exact) mass is 250 g/mol. The zero-order chi connectivity index (χ0) is 13.0. The Morgan fingerprint density at radius 2 is 2.28 bits per heavy atom. The predicted octanol–water partition coefficient (Wildman–Crippen LogP) is 2.89. The van der Waals surface area contributed by atoms with Gasteiger partial charge in [0.05, 0.1) is 12.9 Å². The van der Waals surface area contributed by atoms with Gasteiger partial charge in [0, 0.05) is 12.7 Å². The summed E-state index contributed by atoms with van der Waals surface area (Å²) in [5.74, 6) is 1.16. The van der Waals surface area contributed by atoms with Gasteiger partial charge in [0.2, 0.25) is 0 Å². The van der Waals surface area contributed by atoms with Crippen LogP contribution in [-0.4, -0.2) is 22.1 Å². The minimum Gasteiger partial charge on any atom is -0.461 e. The summed E-state index contributed by atoms with van der Waals surface area (Å²) in [7, 11) is 0. The van der Waals surface area contributed by atoms with E-state index in [1.807, 2.05) is 4.57 Å². The predicted molar refractivity (Wildman–Crippen MR) is 69.3 cm³/mol. The Labute approximate surface area is 108 Å². The van der Waals surface area contributed by atoms with E-state index in [4.69, 9.17) is 4.74 Å². The van der Waals surface area contributed by atoms with Gasteiger partial charge in [-0.25, -0.2) is 9.78 Å². The van der Waals surface area contributed by atoms with Crippen molar-refractivity contribution >= 4 is 5.97 Å². The zero-order valence-electron chi connectivity index (χ0n) is 11.3. The maximum atomic E-state index is 11.5. The third-order valence-corrected chi connectivity index (χ3v) is 3.85. The molecular weight excluding hydrogens is 228 g/mol. The van der Waals surface area contributed by atoms with E-state index < -0.39 is 0 Å². The molecule has 2 rings (SSSR count). The highest BCUT2D eigenvalue weighted by atomic mass is 16.5. The molecule has 0 spiro atoms. The summed E-state index contributed by atoms with van der Waals surface area (Å²) in [6.45, 7) is 5.49. The number of nitrogens with zero attached hydrogens (tertiary/aromatic N) is 2. The molecule has 1 fully saturated rings. The van der Waals surface area contributed by atoms with Crippen LogP contribution >= 0.6 is 0 Å². The van der Waals surface area contributed by atoms with E-state index in [1.165, 1.54) is 25.7 Å². The number of rotatable bonds is 4. The van der Waals surface area contributed by atoms with Gasteiger partial charge >= 0.3 is 5.97 Å². The molecule has 1 aliphatic rings. The van der Waals surface area contributed by atoms with E-state index in [0.29, 0.717) is 18.2 Å². The second-order valence-electron chi connectivity index (χ2n) is 5.20. The van der Waals surface area contributed by atoms with Crippen molar-refractivity contribution in [1.82, 2.24) is 9.55 Å². The van der Waals surface area contributed by atoms with Gasteiger partial charge in [0.1, 0.15) is 0 Å². The zero-order valence-corrected chi connectivity index (χ0v) is 11.3. The molecule has 18 heavy (non-hydrogen) atoms. The summed E-state index contributed by atoms with van der Waals surface area (Å²) in [4.78, 5) is 15.6. The Hall–Kier alpha value is -1.32. The first-order valence-electron chi connectivity index (χ1n) is 6.89. The first-order valence-corrected chi connectivity index (χ1v) is 6.89. The Kier molecular flexibility index (Phi) is 4.39. The lowest BCUT2D eigenvalue weighted by Gasteiger charge is -2.28. The van der Waals surface area contributed by atoms with E-state index in [9.17, 15) is 4.79 Å². The standard InChI is InChI=1S/C14H22N2O2/c1-3-18-14(17)13-9-16(10-15-13)8-12-7-5-4-6-11(12)2/h9-12H,3-8H2,1-2H3. The highest BCUT2D eigenvalue weighted by molar-refractivity contribution is 5.86. The van der Waals surface area contributed by atoms with Crippen LogP contribution in [0.1, 0.15) is 50.0 Å². The molecule has 4 heteroatoms. The molecule has 1 aromatic rings. The second kappa shape index (κ2) is 6.03. The van der Waals surface area contributed by atoms with Crippen molar-refractivity contribution in [2.45, 2.75) is 46.1 Å². The molecular formula is C14H22N2O2. The average molecular weight is 250 g/mol. The highest BCUT2D eigenvalue weighted by Gasteiger charge is 2.22. The van der Waals surface area contributed by atoms with Gasteiger partial charge in [0.15, 0.2) is 5.69 Å². The van der Waals surface area contributed by atoms with Gasteiger partial charge in [0.25, 0.3) is 0 Å². The Bertz CT molecular complexity index is 400. The minimum atomic E-state index is -0.326. The van der Waals surface area contributed by atoms with Crippen LogP contribution in [0.2, 0.25) is 0 Å². The fraction of sp³-hybridized carbons (Fsp3) is 0.714. The first-order chi connectivity index (χ1) is 8.70. The van der Waals surface area contributed by atoms with E-state index >= 15 is 0 Å². The van der Waals surface area contributed by atoms with E-state index in [2.05, 4.69) is 11.9 Å². The SMILES string of the molecule is CCOC(=O)c1cn(CC2CCCCC2C)cn1. The largest absolute Gasteiger partial charge is 0.461 e. The molecule has 1 aliphatic carbocycles. The Morgan fingerprint density at radius 3 is 3.00 bits per heavy atom. The van der Waals surface area contributed by atoms with Crippen molar-refractivity contribution in [3.8, 4) is 0 Å². The number of carbonyl (C=O) groups excluding carboxylic acids is 1. The van der Waals surface area contributed by atoms with Crippen LogP contribution in [0.3, 0.4) is 0 Å². The maximum absolute atomic E-state index is 11.5. The molecule has 1 aromatic heterocycles. The first kappa shape index (κ1) is 13.1. The molecule has 2 atom stereocenters. The molecule has 0 amide bonds. The molecule has 0 aromatic carbocycles. The maximum Gasteiger partial charge on any atom is 0.358 e. The highest BCUT2D eigenvalue weighted by Crippen LogP contribution is 2.30. The number of hydrogen-bond donors (Lipinski definition) is 0. The molecule has 1 saturated carbocycles. The lowest BCUT2D eigenvalue weighted by Crippen LogP contribution is -2.21. The molecule has 100 valence electrons. The van der Waals surface area contributed by atoms with Crippen LogP contribution in [0.4, 0.5) is 0 Å². The Balaban J connectivity index is 1.95. The van der Waals surface area contributed by atoms with E-state index in [0.717, 1.165) is 12.5 Å². The molecule has 2 unspecified atom stereocenters. The van der Waals surface area contributed by atoms with E-state index in [1.54, 1.807) is 19.4 Å². The molecule has 4 nitrogen and oxygen atoms in total. The van der Waals surface area contributed by atoms with Crippen LogP contribution in [0.5, 0.6) is 0 Å². The van der Waals surface area contributed by atoms with Crippen LogP contribution < -0.4 is 0 Å². The summed E-state index contributed by atoms with van der Waals surface area (Å²) in [5.41, 5.74) is 0.417. The number of aromatic nitrogens is 2. The number of carbonyl (C=O) groups is 1. The van der Waals surface area contributed by atoms with Crippen molar-refractivity contribution in [2.75, 3.05) is 6.61 Å². The fourth-order valence-corrected chi connectivity index (χ4v) is 2.71. The van der Waals surface area contributed by atoms with Crippen LogP contribution in [0.15, 0.2) is 12.5 Å². The van der Waals surface area contributed by atoms with Gasteiger partial charge in [-0.2, -0.15) is 0 Å². The molecule has 0 saturated heterocycles. The molecule has 0 radical (unpaired) electrons. The van der Waals surface area contributed by atoms with Crippen LogP contribution in [-0.2, 0) is 11.3 Å². The normalized spacial score (nSPS) is 23.9. The smallest absolute Gasteiger partial charge is 0.358 e. The topological polar surface area (TPSA) is 44.1 Å². The Morgan fingerprint density at radius 1 is 1.50 bits per heavy atom. The lowest BCUT2D eigenvalue weighted by atomic mass is 9.80. The van der Waals surface area contributed by atoms with Crippen molar-refractivity contribution in [3.63, 3.8) is 0 Å². The van der Waals surface area contributed by atoms with Gasteiger partial charge < -0.3 is 9.30 Å². The summed E-state index contributed by atoms with van der Waals surface area (Å²) >= 11 is 0. The number of ether oxygens (including phenoxy) is 1. The quantitative estimate of drug-likeness (QED) is 0.772. The van der Waals surface area contributed by atoms with Crippen LogP contribution in [0.25, 0.3) is 0 Å². The number of esters is 1. The van der Waals surface area contributed by atoms with Gasteiger partial charge in [-0.1, -0.05) is 26.2 Å². The van der Waals surface area contributed by atoms with Crippen molar-refractivity contribution in [3.05, 3.63) is 18.2 Å². The number of hydrogen-bond acceptors (Lipinski definition) is 3. The number of imidazole rings is 1. The summed E-state index contributed by atoms with van der Waals surface area (Å²) in [6, 6.07) is 0. The second-order valence-corrected chi connectivity index (χ2v) is 5.20. The van der Waals surface area contributed by atoms with Crippen molar-refractivity contribution < 1.29 is 9.53 Å². The third kappa shape index (κ3) is 3.12. The average Bonchev–Trinajstić information content (AvgIpc) is 2.81. The molecule has 0 aliphatic heterocycles. The lowest BCUT2D eigenvalue weighted by molar-refractivity contribution is 0.0520. The molecule has 1 heterocycles. The van der Waals surface area contributed by atoms with Gasteiger partial charge in [-0.05, 0) is 25.2 Å². The molecule has 0 N–H and O–H groups in total. The van der Waals surface area contributed by atoms with E-state index in [-0.39, 0.29) is 5.97 Å². The minimum absolute atomic E-state index is 0.326. The summed E-state index contributed by atoms with van der Waals surface area (Å²) in [6.07, 6.45) is 8.84. The van der Waals surface area contributed by atoms with Crippen LogP contribution in [0, 0.1) is 11.8 Å². The summed E-state index contributed by atoms with van der Waals surface area (Å²) < 4.78 is 6.96. The van der Waals surface area contributed by atoms with Crippen molar-refractivity contribution in [2.24, 2.45) is 11.8 Å².